The largest absolute Gasteiger partial charge is 0.477 e. The van der Waals surface area contributed by atoms with E-state index in [0.717, 1.165) is 0 Å². The summed E-state index contributed by atoms with van der Waals surface area (Å²) < 4.78 is 10.9. The van der Waals surface area contributed by atoms with Crippen molar-refractivity contribution in [2.45, 2.75) is 26.1 Å². The number of hydrogen-bond donors (Lipinski definition) is 0. The molecule has 2 atom stereocenters. The molecular formula is C14H17ClN2O5. The second kappa shape index (κ2) is 6.93. The van der Waals surface area contributed by atoms with Crippen molar-refractivity contribution in [3.63, 3.8) is 0 Å². The van der Waals surface area contributed by atoms with Crippen molar-refractivity contribution in [3.8, 4) is 5.75 Å². The number of carbonyl (C=O) groups is 1. The molecule has 8 heteroatoms. The zero-order valence-electron chi connectivity index (χ0n) is 12.3. The third-order valence-electron chi connectivity index (χ3n) is 3.24. The number of nitrogens with zero attached hydrogens (tertiary/aromatic N) is 2. The number of halogens is 1. The number of nitro groups is 1. The van der Waals surface area contributed by atoms with Crippen molar-refractivity contribution in [1.82, 2.24) is 4.90 Å². The number of morpholine rings is 1. The van der Waals surface area contributed by atoms with Crippen LogP contribution in [0.15, 0.2) is 18.2 Å². The molecule has 1 amide bonds. The Labute approximate surface area is 132 Å². The van der Waals surface area contributed by atoms with Gasteiger partial charge in [-0.25, -0.2) is 0 Å². The molecule has 0 aliphatic carbocycles. The van der Waals surface area contributed by atoms with Crippen LogP contribution in [-0.4, -0.2) is 47.6 Å². The first kappa shape index (κ1) is 16.5. The molecule has 1 fully saturated rings. The summed E-state index contributed by atoms with van der Waals surface area (Å²) in [5.41, 5.74) is -0.260. The number of hydrogen-bond acceptors (Lipinski definition) is 5. The van der Waals surface area contributed by atoms with E-state index in [1.54, 1.807) is 4.90 Å². The van der Waals surface area contributed by atoms with Gasteiger partial charge >= 0.3 is 5.69 Å². The first-order valence-corrected chi connectivity index (χ1v) is 7.24. The number of rotatable bonds is 4. The predicted octanol–water partition coefficient (Wildman–Crippen LogP) is 2.26. The predicted molar refractivity (Wildman–Crippen MR) is 80.2 cm³/mol. The van der Waals surface area contributed by atoms with E-state index in [0.29, 0.717) is 13.1 Å². The lowest BCUT2D eigenvalue weighted by molar-refractivity contribution is -0.385. The maximum Gasteiger partial charge on any atom is 0.312 e. The monoisotopic (exact) mass is 328 g/mol. The number of benzene rings is 1. The third kappa shape index (κ3) is 4.08. The van der Waals surface area contributed by atoms with Crippen molar-refractivity contribution in [2.24, 2.45) is 0 Å². The van der Waals surface area contributed by atoms with Gasteiger partial charge in [0.05, 0.1) is 17.1 Å². The van der Waals surface area contributed by atoms with Gasteiger partial charge in [0.1, 0.15) is 0 Å². The summed E-state index contributed by atoms with van der Waals surface area (Å²) in [7, 11) is 0. The van der Waals surface area contributed by atoms with Crippen LogP contribution in [0.2, 0.25) is 5.02 Å². The molecular weight excluding hydrogens is 312 g/mol. The van der Waals surface area contributed by atoms with Gasteiger partial charge in [0.25, 0.3) is 5.91 Å². The van der Waals surface area contributed by atoms with Gasteiger partial charge < -0.3 is 14.4 Å². The van der Waals surface area contributed by atoms with Crippen molar-refractivity contribution in [2.75, 3.05) is 19.7 Å². The minimum Gasteiger partial charge on any atom is -0.477 e. The Morgan fingerprint density at radius 2 is 2.09 bits per heavy atom. The van der Waals surface area contributed by atoms with Crippen LogP contribution in [0.25, 0.3) is 0 Å². The molecule has 7 nitrogen and oxygen atoms in total. The fourth-order valence-electron chi connectivity index (χ4n) is 2.37. The van der Waals surface area contributed by atoms with Crippen LogP contribution in [0.1, 0.15) is 13.8 Å². The van der Waals surface area contributed by atoms with E-state index in [-0.39, 0.29) is 41.2 Å². The molecule has 120 valence electrons. The van der Waals surface area contributed by atoms with E-state index in [2.05, 4.69) is 0 Å². The molecule has 0 N–H and O–H groups in total. The minimum atomic E-state index is -0.593. The summed E-state index contributed by atoms with van der Waals surface area (Å²) in [6.07, 6.45) is -0.0878. The first-order valence-electron chi connectivity index (χ1n) is 6.86. The maximum atomic E-state index is 12.2. The number of nitro benzene ring substituents is 1. The Kier molecular flexibility index (Phi) is 5.20. The SMILES string of the molecule is C[C@@H]1CN(C(=O)COc2ccc(Cl)cc2[N+](=O)[O-])C[C@@H](C)O1. The lowest BCUT2D eigenvalue weighted by atomic mass is 10.2. The zero-order chi connectivity index (χ0) is 16.3. The average molecular weight is 329 g/mol. The van der Waals surface area contributed by atoms with E-state index >= 15 is 0 Å². The Morgan fingerprint density at radius 1 is 1.45 bits per heavy atom. The van der Waals surface area contributed by atoms with Crippen LogP contribution in [0.4, 0.5) is 5.69 Å². The smallest absolute Gasteiger partial charge is 0.312 e. The maximum absolute atomic E-state index is 12.2. The summed E-state index contributed by atoms with van der Waals surface area (Å²) in [6.45, 7) is 4.48. The minimum absolute atomic E-state index is 0.0251. The molecule has 1 aliphatic heterocycles. The molecule has 0 spiro atoms. The molecule has 1 saturated heterocycles. The molecule has 0 aromatic heterocycles. The van der Waals surface area contributed by atoms with E-state index in [1.807, 2.05) is 13.8 Å². The van der Waals surface area contributed by atoms with Crippen molar-refractivity contribution in [3.05, 3.63) is 33.3 Å². The normalized spacial score (nSPS) is 21.5. The highest BCUT2D eigenvalue weighted by Crippen LogP contribution is 2.29. The van der Waals surface area contributed by atoms with Gasteiger partial charge in [-0.15, -0.1) is 0 Å². The molecule has 1 aromatic rings. The van der Waals surface area contributed by atoms with Gasteiger partial charge in [-0.1, -0.05) is 11.6 Å². The molecule has 1 aromatic carbocycles. The molecule has 0 radical (unpaired) electrons. The highest BCUT2D eigenvalue weighted by molar-refractivity contribution is 6.30. The third-order valence-corrected chi connectivity index (χ3v) is 3.48. The summed E-state index contributed by atoms with van der Waals surface area (Å²) in [5.74, 6) is -0.205. The van der Waals surface area contributed by atoms with E-state index in [1.165, 1.54) is 18.2 Å². The van der Waals surface area contributed by atoms with Gasteiger partial charge in [0.2, 0.25) is 0 Å². The second-order valence-corrected chi connectivity index (χ2v) is 5.65. The second-order valence-electron chi connectivity index (χ2n) is 5.21. The van der Waals surface area contributed by atoms with Gasteiger partial charge in [0, 0.05) is 24.2 Å². The molecule has 1 heterocycles. The fraction of sp³-hybridized carbons (Fsp3) is 0.500. The number of carbonyl (C=O) groups excluding carboxylic acids is 1. The number of ether oxygens (including phenoxy) is 2. The van der Waals surface area contributed by atoms with Crippen LogP contribution in [0, 0.1) is 10.1 Å². The van der Waals surface area contributed by atoms with Gasteiger partial charge in [-0.05, 0) is 26.0 Å². The summed E-state index contributed by atoms with van der Waals surface area (Å²) in [6, 6.07) is 4.06. The van der Waals surface area contributed by atoms with Gasteiger partial charge in [0.15, 0.2) is 12.4 Å². The first-order chi connectivity index (χ1) is 10.4. The molecule has 0 saturated carbocycles. The van der Waals surface area contributed by atoms with E-state index in [9.17, 15) is 14.9 Å². The van der Waals surface area contributed by atoms with E-state index < -0.39 is 4.92 Å². The highest BCUT2D eigenvalue weighted by Gasteiger charge is 2.26. The standard InChI is InChI=1S/C14H17ClN2O5/c1-9-6-16(7-10(2)22-9)14(18)8-21-13-4-3-11(15)5-12(13)17(19)20/h3-5,9-10H,6-8H2,1-2H3/t9-,10-/m1/s1. The summed E-state index contributed by atoms with van der Waals surface area (Å²) in [4.78, 5) is 24.2. The van der Waals surface area contributed by atoms with Crippen molar-refractivity contribution >= 4 is 23.2 Å². The average Bonchev–Trinajstić information content (AvgIpc) is 2.44. The zero-order valence-corrected chi connectivity index (χ0v) is 13.1. The molecule has 0 bridgehead atoms. The Morgan fingerprint density at radius 3 is 2.68 bits per heavy atom. The molecule has 22 heavy (non-hydrogen) atoms. The van der Waals surface area contributed by atoms with Crippen molar-refractivity contribution < 1.29 is 19.2 Å². The van der Waals surface area contributed by atoms with Crippen molar-refractivity contribution in [1.29, 1.82) is 0 Å². The van der Waals surface area contributed by atoms with Crippen LogP contribution < -0.4 is 4.74 Å². The Balaban J connectivity index is 2.01. The lowest BCUT2D eigenvalue weighted by Crippen LogP contribution is -2.49. The quantitative estimate of drug-likeness (QED) is 0.625. The van der Waals surface area contributed by atoms with Gasteiger partial charge in [-0.2, -0.15) is 0 Å². The Hall–Kier alpha value is -1.86. The van der Waals surface area contributed by atoms with Crippen LogP contribution in [-0.2, 0) is 9.53 Å². The van der Waals surface area contributed by atoms with E-state index in [4.69, 9.17) is 21.1 Å². The molecule has 2 rings (SSSR count). The lowest BCUT2D eigenvalue weighted by Gasteiger charge is -2.35. The molecule has 1 aliphatic rings. The summed E-state index contributed by atoms with van der Waals surface area (Å²) >= 11 is 5.73. The number of amides is 1. The highest BCUT2D eigenvalue weighted by atomic mass is 35.5. The van der Waals surface area contributed by atoms with Crippen LogP contribution >= 0.6 is 11.6 Å². The topological polar surface area (TPSA) is 81.9 Å². The van der Waals surface area contributed by atoms with Crippen LogP contribution in [0.5, 0.6) is 5.75 Å². The fourth-order valence-corrected chi connectivity index (χ4v) is 2.53. The van der Waals surface area contributed by atoms with Gasteiger partial charge in [-0.3, -0.25) is 14.9 Å². The summed E-state index contributed by atoms with van der Waals surface area (Å²) in [5, 5.41) is 11.2. The Bertz CT molecular complexity index is 570. The molecule has 0 unspecified atom stereocenters. The van der Waals surface area contributed by atoms with Crippen LogP contribution in [0.3, 0.4) is 0 Å².